The molecule has 0 spiro atoms. The maximum atomic E-state index is 12.0. The van der Waals surface area contributed by atoms with Crippen molar-refractivity contribution < 1.29 is 14.3 Å². The van der Waals surface area contributed by atoms with E-state index >= 15 is 0 Å². The Hall–Kier alpha value is -2.21. The Balaban J connectivity index is 2.08. The molecule has 5 nitrogen and oxygen atoms in total. The average Bonchev–Trinajstić information content (AvgIpc) is 2.70. The second kappa shape index (κ2) is 5.83. The zero-order chi connectivity index (χ0) is 14.7. The van der Waals surface area contributed by atoms with Crippen LogP contribution in [-0.2, 0) is 4.79 Å². The van der Waals surface area contributed by atoms with Gasteiger partial charge >= 0.3 is 5.97 Å². The number of aryl methyl sites for hydroxylation is 2. The van der Waals surface area contributed by atoms with Crippen LogP contribution in [0.4, 0.5) is 5.69 Å². The number of ether oxygens (including phenoxy) is 1. The number of anilines is 1. The van der Waals surface area contributed by atoms with Crippen LogP contribution in [-0.4, -0.2) is 16.9 Å². The molecule has 0 aliphatic heterocycles. The second-order valence-corrected chi connectivity index (χ2v) is 5.45. The highest BCUT2D eigenvalue weighted by Gasteiger charge is 2.16. The standard InChI is InChI=1S/C14H14N2O3S/c1-8-13(20-10(3)15-8)14(18)19-12-6-4-11(5-7-12)16-9(2)17/h4-7H,1-3H3,(H,16,17). The maximum Gasteiger partial charge on any atom is 0.355 e. The number of aromatic nitrogens is 1. The average molecular weight is 290 g/mol. The third-order valence-electron chi connectivity index (χ3n) is 2.47. The lowest BCUT2D eigenvalue weighted by atomic mass is 10.3. The highest BCUT2D eigenvalue weighted by molar-refractivity contribution is 7.13. The minimum Gasteiger partial charge on any atom is -0.422 e. The number of carbonyl (C=O) groups excluding carboxylic acids is 2. The van der Waals surface area contributed by atoms with Crippen LogP contribution in [0.1, 0.15) is 27.3 Å². The first-order valence-electron chi connectivity index (χ1n) is 5.99. The molecule has 1 heterocycles. The van der Waals surface area contributed by atoms with Gasteiger partial charge in [0.25, 0.3) is 0 Å². The lowest BCUT2D eigenvalue weighted by molar-refractivity contribution is -0.114. The number of hydrogen-bond donors (Lipinski definition) is 1. The highest BCUT2D eigenvalue weighted by atomic mass is 32.1. The van der Waals surface area contributed by atoms with Gasteiger partial charge in [-0.25, -0.2) is 9.78 Å². The first-order chi connectivity index (χ1) is 9.45. The second-order valence-electron chi connectivity index (χ2n) is 4.24. The summed E-state index contributed by atoms with van der Waals surface area (Å²) in [5.41, 5.74) is 1.33. The zero-order valence-corrected chi connectivity index (χ0v) is 12.2. The van der Waals surface area contributed by atoms with E-state index in [1.165, 1.54) is 18.3 Å². The minimum absolute atomic E-state index is 0.148. The van der Waals surface area contributed by atoms with Crippen LogP contribution in [0, 0.1) is 13.8 Å². The van der Waals surface area contributed by atoms with E-state index in [1.807, 2.05) is 6.92 Å². The Labute approximate surface area is 120 Å². The SMILES string of the molecule is CC(=O)Nc1ccc(OC(=O)c2sc(C)nc2C)cc1. The molecule has 0 fully saturated rings. The molecular formula is C14H14N2O3S. The van der Waals surface area contributed by atoms with Crippen LogP contribution in [0.5, 0.6) is 5.75 Å². The van der Waals surface area contributed by atoms with Crippen molar-refractivity contribution in [2.75, 3.05) is 5.32 Å². The van der Waals surface area contributed by atoms with E-state index < -0.39 is 5.97 Å². The molecular weight excluding hydrogens is 276 g/mol. The van der Waals surface area contributed by atoms with Crippen LogP contribution >= 0.6 is 11.3 Å². The van der Waals surface area contributed by atoms with Gasteiger partial charge in [0.1, 0.15) is 10.6 Å². The molecule has 0 aliphatic rings. The normalized spacial score (nSPS) is 10.2. The Morgan fingerprint density at radius 2 is 1.85 bits per heavy atom. The van der Waals surface area contributed by atoms with E-state index in [0.29, 0.717) is 22.0 Å². The highest BCUT2D eigenvalue weighted by Crippen LogP contribution is 2.21. The summed E-state index contributed by atoms with van der Waals surface area (Å²) in [6, 6.07) is 6.61. The molecule has 2 aromatic rings. The predicted molar refractivity (Wildman–Crippen MR) is 77.3 cm³/mol. The molecule has 0 unspecified atom stereocenters. The summed E-state index contributed by atoms with van der Waals surface area (Å²) in [4.78, 5) is 27.6. The first kappa shape index (κ1) is 14.2. The van der Waals surface area contributed by atoms with Crippen molar-refractivity contribution in [1.29, 1.82) is 0 Å². The number of nitrogens with zero attached hydrogens (tertiary/aromatic N) is 1. The Bertz CT molecular complexity index is 647. The summed E-state index contributed by atoms with van der Waals surface area (Å²) >= 11 is 1.31. The third-order valence-corrected chi connectivity index (χ3v) is 3.53. The van der Waals surface area contributed by atoms with Crippen LogP contribution in [0.3, 0.4) is 0 Å². The van der Waals surface area contributed by atoms with Gasteiger partial charge in [-0.15, -0.1) is 11.3 Å². The molecule has 0 radical (unpaired) electrons. The number of amides is 1. The van der Waals surface area contributed by atoms with Crippen molar-refractivity contribution in [3.63, 3.8) is 0 Å². The fraction of sp³-hybridized carbons (Fsp3) is 0.214. The molecule has 0 aliphatic carbocycles. The lowest BCUT2D eigenvalue weighted by Crippen LogP contribution is -2.08. The maximum absolute atomic E-state index is 12.0. The van der Waals surface area contributed by atoms with E-state index in [4.69, 9.17) is 4.74 Å². The predicted octanol–water partition coefficient (Wildman–Crippen LogP) is 2.94. The molecule has 2 rings (SSSR count). The van der Waals surface area contributed by atoms with E-state index in [2.05, 4.69) is 10.3 Å². The number of esters is 1. The molecule has 1 aromatic carbocycles. The number of carbonyl (C=O) groups is 2. The van der Waals surface area contributed by atoms with Gasteiger partial charge in [-0.1, -0.05) is 0 Å². The topological polar surface area (TPSA) is 68.3 Å². The van der Waals surface area contributed by atoms with Gasteiger partial charge in [0.05, 0.1) is 10.7 Å². The van der Waals surface area contributed by atoms with Gasteiger partial charge < -0.3 is 10.1 Å². The number of benzene rings is 1. The number of nitrogens with one attached hydrogen (secondary N) is 1. The van der Waals surface area contributed by atoms with Gasteiger partial charge in [0, 0.05) is 12.6 Å². The molecule has 0 bridgehead atoms. The van der Waals surface area contributed by atoms with Gasteiger partial charge in [0.15, 0.2) is 0 Å². The van der Waals surface area contributed by atoms with Crippen molar-refractivity contribution >= 4 is 28.9 Å². The van der Waals surface area contributed by atoms with Gasteiger partial charge in [-0.2, -0.15) is 0 Å². The fourth-order valence-electron chi connectivity index (χ4n) is 1.68. The number of rotatable bonds is 3. The zero-order valence-electron chi connectivity index (χ0n) is 11.4. The third kappa shape index (κ3) is 3.42. The number of hydrogen-bond acceptors (Lipinski definition) is 5. The van der Waals surface area contributed by atoms with Crippen molar-refractivity contribution in [1.82, 2.24) is 4.98 Å². The minimum atomic E-state index is -0.416. The van der Waals surface area contributed by atoms with Gasteiger partial charge in [0.2, 0.25) is 5.91 Å². The van der Waals surface area contributed by atoms with Crippen LogP contribution in [0.15, 0.2) is 24.3 Å². The van der Waals surface area contributed by atoms with Crippen molar-refractivity contribution in [3.05, 3.63) is 39.8 Å². The first-order valence-corrected chi connectivity index (χ1v) is 6.81. The summed E-state index contributed by atoms with van der Waals surface area (Å²) < 4.78 is 5.27. The molecule has 20 heavy (non-hydrogen) atoms. The fourth-order valence-corrected chi connectivity index (χ4v) is 2.48. The Morgan fingerprint density at radius 3 is 2.35 bits per heavy atom. The molecule has 6 heteroatoms. The summed E-state index contributed by atoms with van der Waals surface area (Å²) in [6.45, 7) is 5.06. The molecule has 0 saturated heterocycles. The Kier molecular flexibility index (Phi) is 4.14. The summed E-state index contributed by atoms with van der Waals surface area (Å²) in [5, 5.41) is 3.47. The van der Waals surface area contributed by atoms with Crippen LogP contribution in [0.2, 0.25) is 0 Å². The van der Waals surface area contributed by atoms with E-state index in [-0.39, 0.29) is 5.91 Å². The van der Waals surface area contributed by atoms with Crippen molar-refractivity contribution in [2.24, 2.45) is 0 Å². The van der Waals surface area contributed by atoms with Gasteiger partial charge in [-0.05, 0) is 38.1 Å². The lowest BCUT2D eigenvalue weighted by Gasteiger charge is -2.05. The van der Waals surface area contributed by atoms with E-state index in [0.717, 1.165) is 5.01 Å². The van der Waals surface area contributed by atoms with Crippen LogP contribution in [0.25, 0.3) is 0 Å². The van der Waals surface area contributed by atoms with E-state index in [1.54, 1.807) is 31.2 Å². The molecule has 104 valence electrons. The smallest absolute Gasteiger partial charge is 0.355 e. The quantitative estimate of drug-likeness (QED) is 0.697. The monoisotopic (exact) mass is 290 g/mol. The molecule has 1 amide bonds. The molecule has 0 saturated carbocycles. The van der Waals surface area contributed by atoms with Crippen molar-refractivity contribution in [3.8, 4) is 5.75 Å². The van der Waals surface area contributed by atoms with Crippen LogP contribution < -0.4 is 10.1 Å². The number of thiazole rings is 1. The van der Waals surface area contributed by atoms with Gasteiger partial charge in [-0.3, -0.25) is 4.79 Å². The largest absolute Gasteiger partial charge is 0.422 e. The Morgan fingerprint density at radius 1 is 1.20 bits per heavy atom. The molecule has 1 N–H and O–H groups in total. The van der Waals surface area contributed by atoms with E-state index in [9.17, 15) is 9.59 Å². The summed E-state index contributed by atoms with van der Waals surface area (Å²) in [7, 11) is 0. The molecule has 1 aromatic heterocycles. The summed E-state index contributed by atoms with van der Waals surface area (Å²) in [6.07, 6.45) is 0. The summed E-state index contributed by atoms with van der Waals surface area (Å²) in [5.74, 6) is -0.138. The van der Waals surface area contributed by atoms with Crippen molar-refractivity contribution in [2.45, 2.75) is 20.8 Å². The molecule has 0 atom stereocenters.